The van der Waals surface area contributed by atoms with Crippen molar-refractivity contribution in [2.75, 3.05) is 0 Å². The molecule has 0 radical (unpaired) electrons. The fourth-order valence-electron chi connectivity index (χ4n) is 1.70. The van der Waals surface area contributed by atoms with Gasteiger partial charge in [-0.05, 0) is 36.4 Å². The molecule has 7 heteroatoms. The van der Waals surface area contributed by atoms with Crippen LogP contribution in [0, 0.1) is 5.82 Å². The van der Waals surface area contributed by atoms with Gasteiger partial charge in [0, 0.05) is 5.56 Å². The van der Waals surface area contributed by atoms with Crippen LogP contribution in [0.1, 0.15) is 10.6 Å². The second-order valence-electron chi connectivity index (χ2n) is 3.82. The van der Waals surface area contributed by atoms with Crippen LogP contribution >= 0.6 is 0 Å². The minimum atomic E-state index is -1.21. The van der Waals surface area contributed by atoms with Crippen molar-refractivity contribution in [3.63, 3.8) is 0 Å². The number of hydrogen-bond acceptors (Lipinski definition) is 4. The maximum atomic E-state index is 12.9. The summed E-state index contributed by atoms with van der Waals surface area (Å²) in [5.41, 5.74) is 1.52. The van der Waals surface area contributed by atoms with Crippen molar-refractivity contribution in [1.82, 2.24) is 19.8 Å². The van der Waals surface area contributed by atoms with Gasteiger partial charge in [-0.1, -0.05) is 0 Å². The molecule has 0 aliphatic heterocycles. The second kappa shape index (κ2) is 4.13. The van der Waals surface area contributed by atoms with Gasteiger partial charge in [-0.15, -0.1) is 10.2 Å². The molecule has 0 fully saturated rings. The van der Waals surface area contributed by atoms with Gasteiger partial charge in [-0.3, -0.25) is 0 Å². The van der Waals surface area contributed by atoms with Gasteiger partial charge in [-0.2, -0.15) is 9.61 Å². The van der Waals surface area contributed by atoms with Crippen molar-refractivity contribution < 1.29 is 14.3 Å². The highest BCUT2D eigenvalue weighted by molar-refractivity contribution is 5.84. The molecule has 1 N–H and O–H groups in total. The van der Waals surface area contributed by atoms with E-state index in [0.29, 0.717) is 16.9 Å². The standard InChI is InChI=1S/C12H7FN4O2/c13-8-3-1-7(2-4-8)9-5-6-10-14-15-11(12(18)19)17(10)16-9/h1-6H,(H,18,19). The highest BCUT2D eigenvalue weighted by Gasteiger charge is 2.14. The number of carboxylic acid groups (broad SMARTS) is 1. The highest BCUT2D eigenvalue weighted by atomic mass is 19.1. The average Bonchev–Trinajstić information content (AvgIpc) is 2.82. The van der Waals surface area contributed by atoms with Gasteiger partial charge in [0.1, 0.15) is 5.82 Å². The molecule has 0 saturated heterocycles. The van der Waals surface area contributed by atoms with Crippen LogP contribution in [0.5, 0.6) is 0 Å². The molecule has 94 valence electrons. The highest BCUT2D eigenvalue weighted by Crippen LogP contribution is 2.17. The van der Waals surface area contributed by atoms with Gasteiger partial charge in [0.25, 0.3) is 5.82 Å². The van der Waals surface area contributed by atoms with Crippen LogP contribution in [0.15, 0.2) is 36.4 Å². The van der Waals surface area contributed by atoms with E-state index in [-0.39, 0.29) is 11.6 Å². The fourth-order valence-corrected chi connectivity index (χ4v) is 1.70. The quantitative estimate of drug-likeness (QED) is 0.755. The summed E-state index contributed by atoms with van der Waals surface area (Å²) in [6.45, 7) is 0. The van der Waals surface area contributed by atoms with Crippen LogP contribution in [-0.2, 0) is 0 Å². The summed E-state index contributed by atoms with van der Waals surface area (Å²) < 4.78 is 14.0. The molecule has 0 unspecified atom stereocenters. The van der Waals surface area contributed by atoms with Crippen LogP contribution < -0.4 is 0 Å². The molecule has 0 aliphatic carbocycles. The first-order valence-electron chi connectivity index (χ1n) is 5.37. The number of rotatable bonds is 2. The maximum absolute atomic E-state index is 12.9. The Morgan fingerprint density at radius 1 is 1.11 bits per heavy atom. The molecule has 0 amide bonds. The molecule has 0 saturated carbocycles. The lowest BCUT2D eigenvalue weighted by Gasteiger charge is -2.01. The average molecular weight is 258 g/mol. The Balaban J connectivity index is 2.17. The summed E-state index contributed by atoms with van der Waals surface area (Å²) in [6, 6.07) is 9.02. The number of fused-ring (bicyclic) bond motifs is 1. The summed E-state index contributed by atoms with van der Waals surface area (Å²) in [4.78, 5) is 11.0. The van der Waals surface area contributed by atoms with Crippen molar-refractivity contribution in [1.29, 1.82) is 0 Å². The molecule has 2 heterocycles. The van der Waals surface area contributed by atoms with E-state index in [4.69, 9.17) is 5.11 Å². The Morgan fingerprint density at radius 3 is 2.53 bits per heavy atom. The van der Waals surface area contributed by atoms with Gasteiger partial charge in [0.05, 0.1) is 5.69 Å². The van der Waals surface area contributed by atoms with Crippen LogP contribution in [0.4, 0.5) is 4.39 Å². The van der Waals surface area contributed by atoms with Crippen molar-refractivity contribution in [3.8, 4) is 11.3 Å². The van der Waals surface area contributed by atoms with Gasteiger partial charge < -0.3 is 5.11 Å². The lowest BCUT2D eigenvalue weighted by molar-refractivity contribution is 0.0680. The van der Waals surface area contributed by atoms with Gasteiger partial charge >= 0.3 is 5.97 Å². The third-order valence-electron chi connectivity index (χ3n) is 2.59. The molecule has 0 aliphatic rings. The number of aromatic nitrogens is 4. The maximum Gasteiger partial charge on any atom is 0.375 e. The third kappa shape index (κ3) is 1.90. The summed E-state index contributed by atoms with van der Waals surface area (Å²) in [6.07, 6.45) is 0. The number of halogens is 1. The first-order chi connectivity index (χ1) is 9.15. The predicted molar refractivity (Wildman–Crippen MR) is 63.1 cm³/mol. The molecule has 2 aromatic heterocycles. The van der Waals surface area contributed by atoms with Crippen molar-refractivity contribution >= 4 is 11.6 Å². The molecule has 6 nitrogen and oxygen atoms in total. The Morgan fingerprint density at radius 2 is 1.84 bits per heavy atom. The van der Waals surface area contributed by atoms with Gasteiger partial charge in [-0.25, -0.2) is 9.18 Å². The largest absolute Gasteiger partial charge is 0.475 e. The van der Waals surface area contributed by atoms with E-state index < -0.39 is 5.97 Å². The number of benzene rings is 1. The van der Waals surface area contributed by atoms with Crippen LogP contribution in [0.25, 0.3) is 16.9 Å². The Hall–Kier alpha value is -2.83. The SMILES string of the molecule is O=C(O)c1nnc2ccc(-c3ccc(F)cc3)nn12. The summed E-state index contributed by atoms with van der Waals surface area (Å²) in [5.74, 6) is -1.82. The third-order valence-corrected chi connectivity index (χ3v) is 2.59. The van der Waals surface area contributed by atoms with Crippen molar-refractivity contribution in [3.05, 3.63) is 48.0 Å². The van der Waals surface area contributed by atoms with E-state index in [1.807, 2.05) is 0 Å². The first kappa shape index (κ1) is 11.3. The second-order valence-corrected chi connectivity index (χ2v) is 3.82. The van der Waals surface area contributed by atoms with Crippen molar-refractivity contribution in [2.24, 2.45) is 0 Å². The molecular formula is C12H7FN4O2. The lowest BCUT2D eigenvalue weighted by Crippen LogP contribution is -2.06. The van der Waals surface area contributed by atoms with E-state index in [0.717, 1.165) is 4.52 Å². The predicted octanol–water partition coefficient (Wildman–Crippen LogP) is 1.63. The smallest absolute Gasteiger partial charge is 0.375 e. The monoisotopic (exact) mass is 258 g/mol. The fraction of sp³-hybridized carbons (Fsp3) is 0. The normalized spacial score (nSPS) is 10.8. The lowest BCUT2D eigenvalue weighted by atomic mass is 10.1. The molecule has 3 rings (SSSR count). The first-order valence-corrected chi connectivity index (χ1v) is 5.37. The molecule has 19 heavy (non-hydrogen) atoms. The number of nitrogens with zero attached hydrogens (tertiary/aromatic N) is 4. The number of carbonyl (C=O) groups is 1. The minimum Gasteiger partial charge on any atom is -0.475 e. The van der Waals surface area contributed by atoms with E-state index >= 15 is 0 Å². The molecule has 0 bridgehead atoms. The van der Waals surface area contributed by atoms with Crippen LogP contribution in [0.2, 0.25) is 0 Å². The zero-order valence-corrected chi connectivity index (χ0v) is 9.49. The minimum absolute atomic E-state index is 0.265. The Kier molecular flexibility index (Phi) is 2.45. The summed E-state index contributed by atoms with van der Waals surface area (Å²) in [5, 5.41) is 20.3. The molecule has 0 atom stereocenters. The van der Waals surface area contributed by atoms with Gasteiger partial charge in [0.15, 0.2) is 5.65 Å². The molecule has 3 aromatic rings. The number of carboxylic acids is 1. The Bertz CT molecular complexity index is 767. The van der Waals surface area contributed by atoms with Crippen molar-refractivity contribution in [2.45, 2.75) is 0 Å². The molecular weight excluding hydrogens is 251 g/mol. The number of hydrogen-bond donors (Lipinski definition) is 1. The van der Waals surface area contributed by atoms with E-state index in [2.05, 4.69) is 15.3 Å². The molecule has 1 aromatic carbocycles. The summed E-state index contributed by atoms with van der Waals surface area (Å²) in [7, 11) is 0. The van der Waals surface area contributed by atoms with Crippen LogP contribution in [0.3, 0.4) is 0 Å². The summed E-state index contributed by atoms with van der Waals surface area (Å²) >= 11 is 0. The zero-order valence-electron chi connectivity index (χ0n) is 9.49. The number of aromatic carboxylic acids is 1. The van der Waals surface area contributed by atoms with E-state index in [1.165, 1.54) is 12.1 Å². The molecule has 0 spiro atoms. The zero-order chi connectivity index (χ0) is 13.4. The topological polar surface area (TPSA) is 80.4 Å². The Labute approximate surface area is 106 Å². The van der Waals surface area contributed by atoms with E-state index in [9.17, 15) is 9.18 Å². The van der Waals surface area contributed by atoms with Crippen LogP contribution in [-0.4, -0.2) is 30.9 Å². The van der Waals surface area contributed by atoms with Gasteiger partial charge in [0.2, 0.25) is 0 Å². The van der Waals surface area contributed by atoms with E-state index in [1.54, 1.807) is 24.3 Å².